The lowest BCUT2D eigenvalue weighted by Gasteiger charge is -2.13. The molecule has 0 saturated heterocycles. The molecule has 0 fully saturated rings. The Morgan fingerprint density at radius 2 is 1.82 bits per heavy atom. The molecule has 3 N–H and O–H groups in total. The van der Waals surface area contributed by atoms with Crippen LogP contribution in [0.25, 0.3) is 0 Å². The van der Waals surface area contributed by atoms with Gasteiger partial charge in [0.05, 0.1) is 22.4 Å². The van der Waals surface area contributed by atoms with Gasteiger partial charge in [0.1, 0.15) is 11.6 Å². The molecule has 2 aromatic carbocycles. The van der Waals surface area contributed by atoms with Gasteiger partial charge >= 0.3 is 6.18 Å². The first kappa shape index (κ1) is 26.8. The van der Waals surface area contributed by atoms with Gasteiger partial charge in [-0.2, -0.15) is 13.2 Å². The van der Waals surface area contributed by atoms with Crippen molar-refractivity contribution in [3.63, 3.8) is 0 Å². The van der Waals surface area contributed by atoms with Crippen molar-refractivity contribution in [1.29, 1.82) is 0 Å². The van der Waals surface area contributed by atoms with Crippen LogP contribution in [0.3, 0.4) is 0 Å². The van der Waals surface area contributed by atoms with Gasteiger partial charge in [0.25, 0.3) is 5.91 Å². The number of carbonyl (C=O) groups excluding carboxylic acids is 1. The Morgan fingerprint density at radius 3 is 2.42 bits per heavy atom. The monoisotopic (exact) mass is 512 g/mol. The summed E-state index contributed by atoms with van der Waals surface area (Å²) >= 11 is 5.54. The maximum atomic E-state index is 13.3. The Bertz CT molecular complexity index is 1050. The molecule has 1 amide bonds. The maximum absolute atomic E-state index is 13.3. The highest BCUT2D eigenvalue weighted by atomic mass is 35.5. The van der Waals surface area contributed by atoms with E-state index in [1.807, 2.05) is 0 Å². The number of hydrogen-bond donors (Lipinski definition) is 3. The van der Waals surface area contributed by atoms with Gasteiger partial charge in [-0.25, -0.2) is 17.5 Å². The minimum atomic E-state index is -4.52. The van der Waals surface area contributed by atoms with Crippen LogP contribution >= 0.6 is 11.6 Å². The number of ether oxygens (including phenoxy) is 1. The average Bonchev–Trinajstić information content (AvgIpc) is 2.73. The van der Waals surface area contributed by atoms with Crippen molar-refractivity contribution in [2.24, 2.45) is 0 Å². The van der Waals surface area contributed by atoms with Crippen molar-refractivity contribution in [1.82, 2.24) is 10.0 Å². The minimum Gasteiger partial charge on any atom is -0.484 e. The van der Waals surface area contributed by atoms with E-state index in [9.17, 15) is 35.9 Å². The van der Waals surface area contributed by atoms with Crippen LogP contribution in [0.5, 0.6) is 5.75 Å². The number of rotatable bonds is 11. The summed E-state index contributed by atoms with van der Waals surface area (Å²) in [5, 5.41) is 12.3. The molecule has 0 radical (unpaired) electrons. The summed E-state index contributed by atoms with van der Waals surface area (Å²) < 4.78 is 82.4. The number of hydrogen-bond acceptors (Lipinski definition) is 5. The second kappa shape index (κ2) is 11.6. The summed E-state index contributed by atoms with van der Waals surface area (Å²) in [5.41, 5.74) is -0.738. The molecule has 0 aliphatic heterocycles. The number of sulfonamides is 1. The molecule has 0 bridgehead atoms. The smallest absolute Gasteiger partial charge is 0.416 e. The van der Waals surface area contributed by atoms with Gasteiger partial charge < -0.3 is 15.2 Å². The highest BCUT2D eigenvalue weighted by Crippen LogP contribution is 2.29. The van der Waals surface area contributed by atoms with Crippen LogP contribution in [0.4, 0.5) is 17.6 Å². The topological polar surface area (TPSA) is 105 Å². The van der Waals surface area contributed by atoms with Crippen LogP contribution in [0.1, 0.15) is 17.5 Å². The molecule has 0 aliphatic carbocycles. The van der Waals surface area contributed by atoms with Crippen molar-refractivity contribution in [2.75, 3.05) is 19.7 Å². The number of benzene rings is 2. The average molecular weight is 513 g/mol. The lowest BCUT2D eigenvalue weighted by atomic mass is 10.1. The van der Waals surface area contributed by atoms with Gasteiger partial charge in [-0.1, -0.05) is 23.7 Å². The van der Waals surface area contributed by atoms with Crippen LogP contribution in [-0.2, 0) is 26.7 Å². The SMILES string of the molecule is O=C(COc1ccc(Cl)c(F)c1)NCC[C@H](O)CNS(=O)(=O)Cc1ccc(C(F)(F)F)cc1. The standard InChI is InChI=1S/C20H21ClF4N2O5S/c21-17-6-5-16(9-18(17)22)32-11-19(29)26-8-7-15(28)10-27-33(30,31)12-13-1-3-14(4-2-13)20(23,24)25/h1-6,9,15,27-28H,7-8,10-12H2,(H,26,29)/t15-/m0/s1. The van der Waals surface area contributed by atoms with Crippen molar-refractivity contribution in [3.05, 3.63) is 64.4 Å². The summed E-state index contributed by atoms with van der Waals surface area (Å²) in [5.74, 6) is -1.69. The van der Waals surface area contributed by atoms with Crippen molar-refractivity contribution in [3.8, 4) is 5.75 Å². The minimum absolute atomic E-state index is 0.0129. The molecule has 2 aromatic rings. The van der Waals surface area contributed by atoms with Crippen LogP contribution in [0.2, 0.25) is 5.02 Å². The zero-order chi connectivity index (χ0) is 24.6. The molecule has 0 saturated carbocycles. The van der Waals surface area contributed by atoms with Gasteiger partial charge in [0, 0.05) is 19.2 Å². The normalized spacial score (nSPS) is 12.9. The quantitative estimate of drug-likeness (QED) is 0.402. The van der Waals surface area contributed by atoms with Gasteiger partial charge in [-0.3, -0.25) is 4.79 Å². The summed E-state index contributed by atoms with van der Waals surface area (Å²) in [4.78, 5) is 11.7. The third-order valence-corrected chi connectivity index (χ3v) is 5.86. The van der Waals surface area contributed by atoms with Gasteiger partial charge in [-0.05, 0) is 36.2 Å². The van der Waals surface area contributed by atoms with Crippen LogP contribution in [-0.4, -0.2) is 45.2 Å². The van der Waals surface area contributed by atoms with E-state index in [0.717, 1.165) is 30.3 Å². The number of nitrogens with one attached hydrogen (secondary N) is 2. The molecule has 13 heteroatoms. The molecule has 182 valence electrons. The Kier molecular flexibility index (Phi) is 9.46. The molecule has 0 spiro atoms. The molecule has 0 unspecified atom stereocenters. The molecule has 1 atom stereocenters. The number of aliphatic hydroxyl groups excluding tert-OH is 1. The van der Waals surface area contributed by atoms with E-state index in [2.05, 4.69) is 10.0 Å². The number of aliphatic hydroxyl groups is 1. The molecule has 7 nitrogen and oxygen atoms in total. The van der Waals surface area contributed by atoms with Crippen molar-refractivity contribution >= 4 is 27.5 Å². The Morgan fingerprint density at radius 1 is 1.15 bits per heavy atom. The summed E-state index contributed by atoms with van der Waals surface area (Å²) in [6.07, 6.45) is -5.63. The van der Waals surface area contributed by atoms with Crippen molar-refractivity contribution in [2.45, 2.75) is 24.5 Å². The van der Waals surface area contributed by atoms with E-state index >= 15 is 0 Å². The third-order valence-electron chi connectivity index (χ3n) is 4.24. The summed E-state index contributed by atoms with van der Waals surface area (Å²) in [6, 6.07) is 7.39. The molecule has 0 heterocycles. The fraction of sp³-hybridized carbons (Fsp3) is 0.350. The maximum Gasteiger partial charge on any atom is 0.416 e. The zero-order valence-corrected chi connectivity index (χ0v) is 18.6. The summed E-state index contributed by atoms with van der Waals surface area (Å²) in [6.45, 7) is -0.741. The van der Waals surface area contributed by atoms with E-state index in [0.29, 0.717) is 0 Å². The first-order valence-corrected chi connectivity index (χ1v) is 11.5. The molecule has 0 aliphatic rings. The fourth-order valence-corrected chi connectivity index (χ4v) is 3.83. The van der Waals surface area contributed by atoms with E-state index in [1.165, 1.54) is 12.1 Å². The van der Waals surface area contributed by atoms with E-state index in [1.54, 1.807) is 0 Å². The van der Waals surface area contributed by atoms with E-state index in [4.69, 9.17) is 16.3 Å². The predicted octanol–water partition coefficient (Wildman–Crippen LogP) is 2.86. The van der Waals surface area contributed by atoms with Crippen molar-refractivity contribution < 1.29 is 40.6 Å². The molecule has 0 aromatic heterocycles. The Hall–Kier alpha value is -2.41. The number of carbonyl (C=O) groups is 1. The molecule has 33 heavy (non-hydrogen) atoms. The number of halogens is 5. The second-order valence-electron chi connectivity index (χ2n) is 6.96. The molecular formula is C20H21ClF4N2O5S. The lowest BCUT2D eigenvalue weighted by molar-refractivity contribution is -0.137. The van der Waals surface area contributed by atoms with Gasteiger partial charge in [0.2, 0.25) is 10.0 Å². The highest BCUT2D eigenvalue weighted by molar-refractivity contribution is 7.88. The summed E-state index contributed by atoms with van der Waals surface area (Å²) in [7, 11) is -3.90. The lowest BCUT2D eigenvalue weighted by Crippen LogP contribution is -2.36. The molecular weight excluding hydrogens is 492 g/mol. The van der Waals surface area contributed by atoms with Crippen LogP contribution in [0.15, 0.2) is 42.5 Å². The van der Waals surface area contributed by atoms with E-state index in [-0.39, 0.29) is 35.8 Å². The van der Waals surface area contributed by atoms with Crippen LogP contribution in [0, 0.1) is 5.82 Å². The third kappa shape index (κ3) is 9.54. The predicted molar refractivity (Wildman–Crippen MR) is 113 cm³/mol. The number of alkyl halides is 3. The Labute approximate surface area is 192 Å². The fourth-order valence-electron chi connectivity index (χ4n) is 2.53. The van der Waals surface area contributed by atoms with E-state index < -0.39 is 52.0 Å². The second-order valence-corrected chi connectivity index (χ2v) is 9.17. The largest absolute Gasteiger partial charge is 0.484 e. The first-order valence-electron chi connectivity index (χ1n) is 9.52. The van der Waals surface area contributed by atoms with Gasteiger partial charge in [0.15, 0.2) is 6.61 Å². The first-order chi connectivity index (χ1) is 15.4. The Balaban J connectivity index is 1.68. The van der Waals surface area contributed by atoms with Crippen LogP contribution < -0.4 is 14.8 Å². The highest BCUT2D eigenvalue weighted by Gasteiger charge is 2.30. The van der Waals surface area contributed by atoms with Gasteiger partial charge in [-0.15, -0.1) is 0 Å². The molecule has 2 rings (SSSR count). The zero-order valence-electron chi connectivity index (χ0n) is 17.0. The number of amides is 1.